The largest absolute Gasteiger partial charge is 0.372 e. The molecule has 3 aliphatic rings. The van der Waals surface area contributed by atoms with Crippen molar-refractivity contribution >= 4 is 17.5 Å². The number of nitrogens with zero attached hydrogens (tertiary/aromatic N) is 1. The smallest absolute Gasteiger partial charge is 0.254 e. The Hall–Kier alpha value is -1.92. The van der Waals surface area contributed by atoms with Gasteiger partial charge in [0.05, 0.1) is 12.2 Å². The van der Waals surface area contributed by atoms with E-state index in [-0.39, 0.29) is 35.4 Å². The second-order valence-corrected chi connectivity index (χ2v) is 8.40. The van der Waals surface area contributed by atoms with Crippen molar-refractivity contribution in [2.24, 2.45) is 11.3 Å². The van der Waals surface area contributed by atoms with E-state index in [2.05, 4.69) is 10.6 Å². The Balaban J connectivity index is 1.35. The van der Waals surface area contributed by atoms with Gasteiger partial charge in [-0.25, -0.2) is 0 Å². The molecule has 1 aromatic rings. The number of rotatable bonds is 3. The molecule has 2 heterocycles. The van der Waals surface area contributed by atoms with Gasteiger partial charge in [-0.3, -0.25) is 9.59 Å². The number of hydrogen-bond donors (Lipinski definition) is 2. The van der Waals surface area contributed by atoms with Crippen molar-refractivity contribution < 1.29 is 14.3 Å². The van der Waals surface area contributed by atoms with E-state index in [1.807, 2.05) is 30.9 Å². The Labute approximate surface area is 160 Å². The van der Waals surface area contributed by atoms with Crippen LogP contribution >= 0.6 is 0 Å². The molecule has 3 fully saturated rings. The molecule has 1 aliphatic carbocycles. The van der Waals surface area contributed by atoms with Gasteiger partial charge in [0.1, 0.15) is 0 Å². The summed E-state index contributed by atoms with van der Waals surface area (Å²) in [5.74, 6) is 0.273. The van der Waals surface area contributed by atoms with Gasteiger partial charge in [0.25, 0.3) is 5.91 Å². The van der Waals surface area contributed by atoms with E-state index < -0.39 is 0 Å². The fourth-order valence-electron chi connectivity index (χ4n) is 4.65. The van der Waals surface area contributed by atoms with Gasteiger partial charge in [0.15, 0.2) is 0 Å². The standard InChI is InChI=1S/C21H29N3O3/c1-14-12-24(13-15(2)27-14)20(26)16-3-5-17(6-4-16)23-19(25)18-11-21(18)7-9-22-10-8-21/h3-6,14-15,18,22H,7-13H2,1-2H3,(H,23,25). The van der Waals surface area contributed by atoms with Crippen molar-refractivity contribution in [1.82, 2.24) is 10.2 Å². The van der Waals surface area contributed by atoms with Crippen molar-refractivity contribution in [3.05, 3.63) is 29.8 Å². The zero-order valence-corrected chi connectivity index (χ0v) is 16.2. The molecule has 1 aromatic carbocycles. The zero-order chi connectivity index (χ0) is 19.0. The minimum absolute atomic E-state index is 0.0192. The molecule has 4 rings (SSSR count). The number of carbonyl (C=O) groups is 2. The first kappa shape index (κ1) is 18.4. The number of ether oxygens (including phenoxy) is 1. The second-order valence-electron chi connectivity index (χ2n) is 8.40. The van der Waals surface area contributed by atoms with Gasteiger partial charge in [-0.15, -0.1) is 0 Å². The number of anilines is 1. The summed E-state index contributed by atoms with van der Waals surface area (Å²) in [5, 5.41) is 6.39. The van der Waals surface area contributed by atoms with Crippen LogP contribution in [0.3, 0.4) is 0 Å². The molecule has 0 radical (unpaired) electrons. The number of morpholine rings is 1. The van der Waals surface area contributed by atoms with E-state index >= 15 is 0 Å². The van der Waals surface area contributed by atoms with E-state index in [1.165, 1.54) is 0 Å². The summed E-state index contributed by atoms with van der Waals surface area (Å²) in [5.41, 5.74) is 1.64. The Morgan fingerprint density at radius 3 is 2.37 bits per heavy atom. The summed E-state index contributed by atoms with van der Waals surface area (Å²) in [6, 6.07) is 7.26. The minimum Gasteiger partial charge on any atom is -0.372 e. The number of nitrogens with one attached hydrogen (secondary N) is 2. The number of amides is 2. The molecule has 27 heavy (non-hydrogen) atoms. The van der Waals surface area contributed by atoms with E-state index in [9.17, 15) is 9.59 Å². The quantitative estimate of drug-likeness (QED) is 0.855. The van der Waals surface area contributed by atoms with Crippen molar-refractivity contribution in [3.8, 4) is 0 Å². The molecule has 2 aliphatic heterocycles. The highest BCUT2D eigenvalue weighted by Crippen LogP contribution is 2.58. The van der Waals surface area contributed by atoms with Crippen LogP contribution in [0, 0.1) is 11.3 Å². The van der Waals surface area contributed by atoms with Gasteiger partial charge in [-0.05, 0) is 75.9 Å². The van der Waals surface area contributed by atoms with Crippen LogP contribution in [0.1, 0.15) is 43.5 Å². The molecule has 2 amide bonds. The fourth-order valence-corrected chi connectivity index (χ4v) is 4.65. The maximum atomic E-state index is 12.7. The summed E-state index contributed by atoms with van der Waals surface area (Å²) in [6.45, 7) is 7.22. The maximum absolute atomic E-state index is 12.7. The van der Waals surface area contributed by atoms with Crippen molar-refractivity contribution in [2.45, 2.75) is 45.3 Å². The molecule has 3 unspecified atom stereocenters. The van der Waals surface area contributed by atoms with Gasteiger partial charge in [-0.1, -0.05) is 0 Å². The topological polar surface area (TPSA) is 70.7 Å². The second kappa shape index (κ2) is 7.24. The van der Waals surface area contributed by atoms with E-state index in [1.54, 1.807) is 12.1 Å². The fraction of sp³-hybridized carbons (Fsp3) is 0.619. The van der Waals surface area contributed by atoms with Crippen molar-refractivity contribution in [2.75, 3.05) is 31.5 Å². The third-order valence-corrected chi connectivity index (χ3v) is 6.21. The lowest BCUT2D eigenvalue weighted by atomic mass is 9.92. The predicted octanol–water partition coefficient (Wildman–Crippen LogP) is 2.26. The predicted molar refractivity (Wildman–Crippen MR) is 104 cm³/mol. The number of hydrogen-bond acceptors (Lipinski definition) is 4. The number of carbonyl (C=O) groups excluding carboxylic acids is 2. The zero-order valence-electron chi connectivity index (χ0n) is 16.2. The molecular weight excluding hydrogens is 342 g/mol. The van der Waals surface area contributed by atoms with Crippen LogP contribution in [0.25, 0.3) is 0 Å². The first-order valence-corrected chi connectivity index (χ1v) is 10.0. The normalized spacial score (nSPS) is 29.4. The average molecular weight is 371 g/mol. The summed E-state index contributed by atoms with van der Waals surface area (Å²) >= 11 is 0. The molecule has 0 aromatic heterocycles. The van der Waals surface area contributed by atoms with Crippen LogP contribution in [0.15, 0.2) is 24.3 Å². The number of piperidine rings is 1. The summed E-state index contributed by atoms with van der Waals surface area (Å²) in [7, 11) is 0. The summed E-state index contributed by atoms with van der Waals surface area (Å²) in [6.07, 6.45) is 3.29. The van der Waals surface area contributed by atoms with Crippen LogP contribution in [-0.2, 0) is 9.53 Å². The summed E-state index contributed by atoms with van der Waals surface area (Å²) < 4.78 is 5.70. The van der Waals surface area contributed by atoms with Crippen LogP contribution in [0.2, 0.25) is 0 Å². The third kappa shape index (κ3) is 3.87. The Morgan fingerprint density at radius 2 is 1.74 bits per heavy atom. The molecular formula is C21H29N3O3. The van der Waals surface area contributed by atoms with E-state index in [4.69, 9.17) is 4.74 Å². The van der Waals surface area contributed by atoms with Gasteiger partial charge in [0, 0.05) is 30.3 Å². The van der Waals surface area contributed by atoms with Gasteiger partial charge in [-0.2, -0.15) is 0 Å². The molecule has 2 N–H and O–H groups in total. The van der Waals surface area contributed by atoms with Crippen LogP contribution in [0.5, 0.6) is 0 Å². The highest BCUT2D eigenvalue weighted by atomic mass is 16.5. The van der Waals surface area contributed by atoms with Gasteiger partial charge in [0.2, 0.25) is 5.91 Å². The average Bonchev–Trinajstić information content (AvgIpc) is 3.34. The highest BCUT2D eigenvalue weighted by molar-refractivity contribution is 5.97. The molecule has 6 heteroatoms. The molecule has 3 atom stereocenters. The number of benzene rings is 1. The monoisotopic (exact) mass is 371 g/mol. The molecule has 6 nitrogen and oxygen atoms in total. The molecule has 1 saturated carbocycles. The first-order chi connectivity index (χ1) is 13.0. The van der Waals surface area contributed by atoms with Crippen LogP contribution in [0.4, 0.5) is 5.69 Å². The highest BCUT2D eigenvalue weighted by Gasteiger charge is 2.57. The van der Waals surface area contributed by atoms with E-state index in [0.717, 1.165) is 38.0 Å². The Kier molecular flexibility index (Phi) is 4.95. The van der Waals surface area contributed by atoms with Crippen LogP contribution in [-0.4, -0.2) is 55.1 Å². The molecule has 146 valence electrons. The SMILES string of the molecule is CC1CN(C(=O)c2ccc(NC(=O)C3CC34CCNCC4)cc2)CC(C)O1. The first-order valence-electron chi connectivity index (χ1n) is 10.0. The Bertz CT molecular complexity index is 702. The molecule has 2 saturated heterocycles. The minimum atomic E-state index is 0.0192. The summed E-state index contributed by atoms with van der Waals surface area (Å²) in [4.78, 5) is 27.1. The molecule has 1 spiro atoms. The lowest BCUT2D eigenvalue weighted by molar-refractivity contribution is -0.118. The lowest BCUT2D eigenvalue weighted by Crippen LogP contribution is -2.48. The van der Waals surface area contributed by atoms with Gasteiger partial charge < -0.3 is 20.3 Å². The maximum Gasteiger partial charge on any atom is 0.254 e. The lowest BCUT2D eigenvalue weighted by Gasteiger charge is -2.35. The van der Waals surface area contributed by atoms with Crippen molar-refractivity contribution in [1.29, 1.82) is 0 Å². The third-order valence-electron chi connectivity index (χ3n) is 6.21. The molecule has 0 bridgehead atoms. The van der Waals surface area contributed by atoms with Crippen molar-refractivity contribution in [3.63, 3.8) is 0 Å². The van der Waals surface area contributed by atoms with Crippen LogP contribution < -0.4 is 10.6 Å². The Morgan fingerprint density at radius 1 is 1.11 bits per heavy atom. The van der Waals surface area contributed by atoms with Gasteiger partial charge >= 0.3 is 0 Å². The van der Waals surface area contributed by atoms with E-state index in [0.29, 0.717) is 18.7 Å².